The van der Waals surface area contributed by atoms with Gasteiger partial charge in [-0.05, 0) is 48.0 Å². The SMILES string of the molecule is NS(=O)(=O)c1cc(C(=O)N/N=C\c2ccc(OCC(=O)O)cc2)ccc1Cl. The topological polar surface area (TPSA) is 148 Å². The number of primary sulfonamides is 1. The number of carbonyl (C=O) groups excluding carboxylic acids is 1. The summed E-state index contributed by atoms with van der Waals surface area (Å²) < 4.78 is 27.8. The van der Waals surface area contributed by atoms with Gasteiger partial charge in [-0.3, -0.25) is 4.79 Å². The largest absolute Gasteiger partial charge is 0.482 e. The lowest BCUT2D eigenvalue weighted by atomic mass is 10.2. The number of nitrogens with zero attached hydrogens (tertiary/aromatic N) is 1. The molecule has 27 heavy (non-hydrogen) atoms. The second-order valence-electron chi connectivity index (χ2n) is 5.14. The number of carboxylic acids is 1. The first kappa shape index (κ1) is 20.4. The van der Waals surface area contributed by atoms with Gasteiger partial charge in [0.15, 0.2) is 6.61 Å². The van der Waals surface area contributed by atoms with E-state index >= 15 is 0 Å². The summed E-state index contributed by atoms with van der Waals surface area (Å²) in [6.45, 7) is -0.453. The molecular formula is C16H14ClN3O6S. The summed E-state index contributed by atoms with van der Waals surface area (Å²) in [6, 6.07) is 9.93. The van der Waals surface area contributed by atoms with Gasteiger partial charge < -0.3 is 9.84 Å². The number of halogens is 1. The van der Waals surface area contributed by atoms with E-state index in [0.717, 1.165) is 6.07 Å². The van der Waals surface area contributed by atoms with Gasteiger partial charge in [-0.2, -0.15) is 5.10 Å². The Morgan fingerprint density at radius 2 is 1.89 bits per heavy atom. The Morgan fingerprint density at radius 1 is 1.22 bits per heavy atom. The number of carboxylic acid groups (broad SMARTS) is 1. The zero-order chi connectivity index (χ0) is 20.0. The zero-order valence-electron chi connectivity index (χ0n) is 13.6. The van der Waals surface area contributed by atoms with Crippen LogP contribution in [0.3, 0.4) is 0 Å². The number of benzene rings is 2. The number of hydrogen-bond acceptors (Lipinski definition) is 6. The summed E-state index contributed by atoms with van der Waals surface area (Å²) in [5.74, 6) is -1.37. The van der Waals surface area contributed by atoms with Crippen LogP contribution in [0.5, 0.6) is 5.75 Å². The normalized spacial score (nSPS) is 11.3. The van der Waals surface area contributed by atoms with Gasteiger partial charge in [-0.1, -0.05) is 11.6 Å². The molecule has 0 unspecified atom stereocenters. The van der Waals surface area contributed by atoms with Crippen LogP contribution in [0.4, 0.5) is 0 Å². The van der Waals surface area contributed by atoms with Crippen molar-refractivity contribution in [2.24, 2.45) is 10.2 Å². The third kappa shape index (κ3) is 6.06. The van der Waals surface area contributed by atoms with Gasteiger partial charge in [0.05, 0.1) is 11.2 Å². The molecule has 0 bridgehead atoms. The molecule has 0 radical (unpaired) electrons. The third-order valence-corrected chi connectivity index (χ3v) is 4.51. The van der Waals surface area contributed by atoms with Crippen molar-refractivity contribution >= 4 is 39.7 Å². The Labute approximate surface area is 159 Å². The zero-order valence-corrected chi connectivity index (χ0v) is 15.2. The molecule has 0 heterocycles. The molecule has 0 aliphatic carbocycles. The molecule has 0 saturated carbocycles. The number of aliphatic carboxylic acids is 1. The number of hydrogen-bond donors (Lipinski definition) is 3. The molecule has 2 aromatic rings. The maximum atomic E-state index is 12.0. The predicted octanol–water partition coefficient (Wildman–Crippen LogP) is 1.21. The fraction of sp³-hybridized carbons (Fsp3) is 0.0625. The van der Waals surface area contributed by atoms with Crippen molar-refractivity contribution in [2.75, 3.05) is 6.61 Å². The third-order valence-electron chi connectivity index (χ3n) is 3.12. The Kier molecular flexibility index (Phi) is 6.50. The monoisotopic (exact) mass is 411 g/mol. The quantitative estimate of drug-likeness (QED) is 0.460. The summed E-state index contributed by atoms with van der Waals surface area (Å²) in [5, 5.41) is 17.2. The average molecular weight is 412 g/mol. The van der Waals surface area contributed by atoms with E-state index in [4.69, 9.17) is 26.6 Å². The molecule has 0 aliphatic heterocycles. The lowest BCUT2D eigenvalue weighted by molar-refractivity contribution is -0.139. The molecule has 0 aliphatic rings. The molecule has 0 atom stereocenters. The average Bonchev–Trinajstić information content (AvgIpc) is 2.60. The molecule has 2 rings (SSSR count). The molecule has 1 amide bonds. The van der Waals surface area contributed by atoms with Crippen LogP contribution in [0.1, 0.15) is 15.9 Å². The van der Waals surface area contributed by atoms with E-state index in [1.807, 2.05) is 0 Å². The van der Waals surface area contributed by atoms with Crippen LogP contribution < -0.4 is 15.3 Å². The van der Waals surface area contributed by atoms with Gasteiger partial charge >= 0.3 is 5.97 Å². The minimum Gasteiger partial charge on any atom is -0.482 e. The maximum absolute atomic E-state index is 12.0. The first-order chi connectivity index (χ1) is 12.7. The highest BCUT2D eigenvalue weighted by Crippen LogP contribution is 2.21. The number of rotatable bonds is 7. The summed E-state index contributed by atoms with van der Waals surface area (Å²) in [7, 11) is -4.07. The minimum absolute atomic E-state index is 0.0120. The number of carbonyl (C=O) groups is 2. The number of nitrogens with two attached hydrogens (primary N) is 1. The van der Waals surface area contributed by atoms with Crippen molar-refractivity contribution in [1.29, 1.82) is 0 Å². The van der Waals surface area contributed by atoms with Crippen LogP contribution in [-0.4, -0.2) is 38.2 Å². The molecule has 0 saturated heterocycles. The number of nitrogens with one attached hydrogen (secondary N) is 1. The second kappa shape index (κ2) is 8.62. The first-order valence-electron chi connectivity index (χ1n) is 7.27. The fourth-order valence-corrected chi connectivity index (χ4v) is 2.96. The lowest BCUT2D eigenvalue weighted by Gasteiger charge is -2.05. The van der Waals surface area contributed by atoms with Crippen LogP contribution in [0.15, 0.2) is 52.5 Å². The van der Waals surface area contributed by atoms with Crippen molar-refractivity contribution in [3.8, 4) is 5.75 Å². The number of hydrazone groups is 1. The predicted molar refractivity (Wildman–Crippen MR) is 97.5 cm³/mol. The van der Waals surface area contributed by atoms with Gasteiger partial charge in [0.25, 0.3) is 5.91 Å². The van der Waals surface area contributed by atoms with Gasteiger partial charge in [-0.15, -0.1) is 0 Å². The summed E-state index contributed by atoms with van der Waals surface area (Å²) in [5.41, 5.74) is 2.87. The fourth-order valence-electron chi connectivity index (χ4n) is 1.89. The maximum Gasteiger partial charge on any atom is 0.341 e. The van der Waals surface area contributed by atoms with Crippen LogP contribution >= 0.6 is 11.6 Å². The first-order valence-corrected chi connectivity index (χ1v) is 9.19. The van der Waals surface area contributed by atoms with Gasteiger partial charge in [0, 0.05) is 5.56 Å². The van der Waals surface area contributed by atoms with Crippen molar-refractivity contribution in [2.45, 2.75) is 4.90 Å². The molecule has 0 fully saturated rings. The Hall–Kier alpha value is -2.95. The van der Waals surface area contributed by atoms with Gasteiger partial charge in [0.2, 0.25) is 10.0 Å². The van der Waals surface area contributed by atoms with E-state index in [9.17, 15) is 18.0 Å². The molecule has 9 nitrogen and oxygen atoms in total. The van der Waals surface area contributed by atoms with E-state index in [2.05, 4.69) is 10.5 Å². The molecule has 2 aromatic carbocycles. The highest BCUT2D eigenvalue weighted by atomic mass is 35.5. The lowest BCUT2D eigenvalue weighted by Crippen LogP contribution is -2.19. The van der Waals surface area contributed by atoms with Crippen LogP contribution in [-0.2, 0) is 14.8 Å². The van der Waals surface area contributed by atoms with Crippen molar-refractivity contribution < 1.29 is 27.9 Å². The highest BCUT2D eigenvalue weighted by molar-refractivity contribution is 7.89. The Bertz CT molecular complexity index is 990. The molecule has 4 N–H and O–H groups in total. The molecule has 11 heteroatoms. The van der Waals surface area contributed by atoms with Crippen molar-refractivity contribution in [3.05, 3.63) is 58.6 Å². The van der Waals surface area contributed by atoms with E-state index in [1.54, 1.807) is 24.3 Å². The number of amides is 1. The van der Waals surface area contributed by atoms with Crippen molar-refractivity contribution in [3.63, 3.8) is 0 Å². The van der Waals surface area contributed by atoms with Crippen LogP contribution in [0.25, 0.3) is 0 Å². The van der Waals surface area contributed by atoms with E-state index < -0.39 is 28.5 Å². The van der Waals surface area contributed by atoms with Crippen LogP contribution in [0, 0.1) is 0 Å². The van der Waals surface area contributed by atoms with Crippen LogP contribution in [0.2, 0.25) is 5.02 Å². The summed E-state index contributed by atoms with van der Waals surface area (Å²) >= 11 is 5.76. The minimum atomic E-state index is -4.07. The van der Waals surface area contributed by atoms with Gasteiger partial charge in [0.1, 0.15) is 10.6 Å². The van der Waals surface area contributed by atoms with Gasteiger partial charge in [-0.25, -0.2) is 23.8 Å². The summed E-state index contributed by atoms with van der Waals surface area (Å²) in [4.78, 5) is 22.1. The second-order valence-corrected chi connectivity index (χ2v) is 7.08. The molecule has 0 aromatic heterocycles. The Morgan fingerprint density at radius 3 is 2.48 bits per heavy atom. The van der Waals surface area contributed by atoms with E-state index in [1.165, 1.54) is 18.3 Å². The highest BCUT2D eigenvalue weighted by Gasteiger charge is 2.16. The number of ether oxygens (including phenoxy) is 1. The Balaban J connectivity index is 2.02. The van der Waals surface area contributed by atoms with E-state index in [0.29, 0.717) is 11.3 Å². The summed E-state index contributed by atoms with van der Waals surface area (Å²) in [6.07, 6.45) is 1.34. The molecule has 0 spiro atoms. The molecule has 142 valence electrons. The standard InChI is InChI=1S/C16H14ClN3O6S/c17-13-6-3-11(7-14(13)27(18,24)25)16(23)20-19-8-10-1-4-12(5-2-10)26-9-15(21)22/h1-8H,9H2,(H,20,23)(H,21,22)(H2,18,24,25)/b19-8-. The smallest absolute Gasteiger partial charge is 0.341 e. The van der Waals surface area contributed by atoms with E-state index in [-0.39, 0.29) is 15.5 Å². The van der Waals surface area contributed by atoms with Crippen molar-refractivity contribution in [1.82, 2.24) is 5.43 Å². The number of sulfonamides is 1. The molecular weight excluding hydrogens is 398 g/mol.